The molecule has 1 unspecified atom stereocenters. The first kappa shape index (κ1) is 17.1. The Labute approximate surface area is 120 Å². The number of halogens is 2. The first-order chi connectivity index (χ1) is 9.52. The zero-order chi connectivity index (χ0) is 15.2. The molecular formula is C16H25F2NO. The molecule has 0 aliphatic heterocycles. The van der Waals surface area contributed by atoms with Crippen LogP contribution in [0.25, 0.3) is 0 Å². The van der Waals surface area contributed by atoms with Crippen LogP contribution in [0.15, 0.2) is 18.2 Å². The molecule has 0 aliphatic rings. The summed E-state index contributed by atoms with van der Waals surface area (Å²) in [5, 5.41) is 3.27. The highest BCUT2D eigenvalue weighted by Gasteiger charge is 2.35. The van der Waals surface area contributed by atoms with Crippen molar-refractivity contribution in [3.8, 4) is 0 Å². The summed E-state index contributed by atoms with van der Waals surface area (Å²) in [5.74, 6) is -1.61. The van der Waals surface area contributed by atoms with Crippen LogP contribution in [0.4, 0.5) is 8.78 Å². The second kappa shape index (κ2) is 7.70. The van der Waals surface area contributed by atoms with Gasteiger partial charge >= 0.3 is 0 Å². The van der Waals surface area contributed by atoms with Gasteiger partial charge in [0.15, 0.2) is 11.6 Å². The molecule has 0 spiro atoms. The van der Waals surface area contributed by atoms with Gasteiger partial charge in [0.05, 0.1) is 5.60 Å². The molecule has 0 heterocycles. The maximum absolute atomic E-state index is 13.3. The summed E-state index contributed by atoms with van der Waals surface area (Å²) in [4.78, 5) is 0. The van der Waals surface area contributed by atoms with Gasteiger partial charge in [-0.2, -0.15) is 0 Å². The lowest BCUT2D eigenvalue weighted by Crippen LogP contribution is -2.52. The molecule has 1 rings (SSSR count). The number of nitrogens with one attached hydrogen (secondary N) is 1. The van der Waals surface area contributed by atoms with E-state index in [1.807, 2.05) is 14.0 Å². The largest absolute Gasteiger partial charge is 0.374 e. The lowest BCUT2D eigenvalue weighted by atomic mass is 9.84. The first-order valence-corrected chi connectivity index (χ1v) is 7.28. The molecule has 0 amide bonds. The molecule has 0 radical (unpaired) electrons. The molecule has 4 heteroatoms. The van der Waals surface area contributed by atoms with E-state index in [1.165, 1.54) is 12.1 Å². The van der Waals surface area contributed by atoms with Crippen LogP contribution in [0.1, 0.15) is 39.2 Å². The van der Waals surface area contributed by atoms with Gasteiger partial charge in [-0.1, -0.05) is 19.9 Å². The summed E-state index contributed by atoms with van der Waals surface area (Å²) in [6, 6.07) is 4.13. The normalized spacial score (nSPS) is 13.5. The fourth-order valence-corrected chi connectivity index (χ4v) is 2.79. The Bertz CT molecular complexity index is 419. The Balaban J connectivity index is 2.96. The Morgan fingerprint density at radius 2 is 1.80 bits per heavy atom. The molecule has 1 N–H and O–H groups in total. The fraction of sp³-hybridized carbons (Fsp3) is 0.625. The minimum atomic E-state index is -0.809. The zero-order valence-corrected chi connectivity index (χ0v) is 12.8. The molecule has 20 heavy (non-hydrogen) atoms. The molecule has 0 saturated heterocycles. The van der Waals surface area contributed by atoms with E-state index in [1.54, 1.807) is 6.07 Å². The second-order valence-corrected chi connectivity index (χ2v) is 5.00. The molecule has 0 bridgehead atoms. The number of rotatable bonds is 8. The predicted octanol–water partition coefficient (Wildman–Crippen LogP) is 3.69. The smallest absolute Gasteiger partial charge is 0.159 e. The highest BCUT2D eigenvalue weighted by molar-refractivity contribution is 5.20. The highest BCUT2D eigenvalue weighted by atomic mass is 19.2. The van der Waals surface area contributed by atoms with E-state index in [2.05, 4.69) is 19.2 Å². The average Bonchev–Trinajstić information content (AvgIpc) is 2.46. The maximum atomic E-state index is 13.3. The molecule has 1 aromatic rings. The van der Waals surface area contributed by atoms with Crippen LogP contribution in [-0.4, -0.2) is 25.3 Å². The monoisotopic (exact) mass is 285 g/mol. The topological polar surface area (TPSA) is 21.3 Å². The standard InChI is InChI=1S/C16H25F2NO/c1-5-16(6-2,20-7-3)15(19-4)11-12-8-9-13(17)14(18)10-12/h8-10,15,19H,5-7,11H2,1-4H3. The molecule has 114 valence electrons. The van der Waals surface area contributed by atoms with Gasteiger partial charge < -0.3 is 10.1 Å². The number of benzene rings is 1. The van der Waals surface area contributed by atoms with Gasteiger partial charge in [0.25, 0.3) is 0 Å². The molecule has 2 nitrogen and oxygen atoms in total. The predicted molar refractivity (Wildman–Crippen MR) is 77.8 cm³/mol. The summed E-state index contributed by atoms with van der Waals surface area (Å²) < 4.78 is 32.3. The van der Waals surface area contributed by atoms with Gasteiger partial charge in [-0.25, -0.2) is 8.78 Å². The minimum absolute atomic E-state index is 0.0577. The van der Waals surface area contributed by atoms with Gasteiger partial charge in [0.1, 0.15) is 0 Å². The van der Waals surface area contributed by atoms with E-state index >= 15 is 0 Å². The van der Waals surface area contributed by atoms with Crippen LogP contribution >= 0.6 is 0 Å². The lowest BCUT2D eigenvalue weighted by Gasteiger charge is -2.39. The number of hydrogen-bond donors (Lipinski definition) is 1. The first-order valence-electron chi connectivity index (χ1n) is 7.28. The van der Waals surface area contributed by atoms with Crippen molar-refractivity contribution >= 4 is 0 Å². The van der Waals surface area contributed by atoms with E-state index in [0.717, 1.165) is 18.4 Å². The van der Waals surface area contributed by atoms with E-state index in [9.17, 15) is 8.78 Å². The zero-order valence-electron chi connectivity index (χ0n) is 12.8. The fourth-order valence-electron chi connectivity index (χ4n) is 2.79. The van der Waals surface area contributed by atoms with Gasteiger partial charge in [0, 0.05) is 12.6 Å². The molecule has 0 saturated carbocycles. The number of likely N-dealkylation sites (N-methyl/N-ethyl adjacent to an activating group) is 1. The lowest BCUT2D eigenvalue weighted by molar-refractivity contribution is -0.0703. The molecular weight excluding hydrogens is 260 g/mol. The Morgan fingerprint density at radius 3 is 2.25 bits per heavy atom. The Kier molecular flexibility index (Phi) is 6.56. The average molecular weight is 285 g/mol. The highest BCUT2D eigenvalue weighted by Crippen LogP contribution is 2.27. The van der Waals surface area contributed by atoms with Crippen LogP contribution in [0.3, 0.4) is 0 Å². The molecule has 0 aliphatic carbocycles. The van der Waals surface area contributed by atoms with Crippen LogP contribution in [0.5, 0.6) is 0 Å². The van der Waals surface area contributed by atoms with E-state index in [4.69, 9.17) is 4.74 Å². The van der Waals surface area contributed by atoms with Crippen molar-refractivity contribution in [2.75, 3.05) is 13.7 Å². The molecule has 1 atom stereocenters. The van der Waals surface area contributed by atoms with Crippen molar-refractivity contribution in [2.45, 2.75) is 51.7 Å². The number of ether oxygens (including phenoxy) is 1. The Morgan fingerprint density at radius 1 is 1.15 bits per heavy atom. The van der Waals surface area contributed by atoms with Crippen molar-refractivity contribution in [3.05, 3.63) is 35.4 Å². The van der Waals surface area contributed by atoms with Gasteiger partial charge in [-0.05, 0) is 50.9 Å². The quantitative estimate of drug-likeness (QED) is 0.786. The Hall–Kier alpha value is -1.00. The van der Waals surface area contributed by atoms with Crippen molar-refractivity contribution in [3.63, 3.8) is 0 Å². The van der Waals surface area contributed by atoms with Crippen LogP contribution in [0.2, 0.25) is 0 Å². The third-order valence-corrected chi connectivity index (χ3v) is 4.04. The van der Waals surface area contributed by atoms with Gasteiger partial charge in [-0.3, -0.25) is 0 Å². The molecule has 0 aromatic heterocycles. The van der Waals surface area contributed by atoms with Crippen molar-refractivity contribution in [1.82, 2.24) is 5.32 Å². The van der Waals surface area contributed by atoms with Crippen LogP contribution in [0, 0.1) is 11.6 Å². The summed E-state index contributed by atoms with van der Waals surface area (Å²) in [6.07, 6.45) is 2.34. The summed E-state index contributed by atoms with van der Waals surface area (Å²) in [5.41, 5.74) is 0.489. The maximum Gasteiger partial charge on any atom is 0.159 e. The van der Waals surface area contributed by atoms with E-state index in [0.29, 0.717) is 13.0 Å². The number of hydrogen-bond acceptors (Lipinski definition) is 2. The van der Waals surface area contributed by atoms with E-state index < -0.39 is 11.6 Å². The third-order valence-electron chi connectivity index (χ3n) is 4.04. The van der Waals surface area contributed by atoms with E-state index in [-0.39, 0.29) is 11.6 Å². The van der Waals surface area contributed by atoms with Crippen molar-refractivity contribution in [1.29, 1.82) is 0 Å². The van der Waals surface area contributed by atoms with Crippen molar-refractivity contribution in [2.24, 2.45) is 0 Å². The van der Waals surface area contributed by atoms with Gasteiger partial charge in [-0.15, -0.1) is 0 Å². The SMILES string of the molecule is CCOC(CC)(CC)C(Cc1ccc(F)c(F)c1)NC. The summed E-state index contributed by atoms with van der Waals surface area (Å²) in [7, 11) is 1.88. The summed E-state index contributed by atoms with van der Waals surface area (Å²) in [6.45, 7) is 6.80. The minimum Gasteiger partial charge on any atom is -0.374 e. The second-order valence-electron chi connectivity index (χ2n) is 5.00. The molecule has 1 aromatic carbocycles. The van der Waals surface area contributed by atoms with Crippen molar-refractivity contribution < 1.29 is 13.5 Å². The third kappa shape index (κ3) is 3.76. The van der Waals surface area contributed by atoms with Crippen LogP contribution < -0.4 is 5.32 Å². The van der Waals surface area contributed by atoms with Crippen LogP contribution in [-0.2, 0) is 11.2 Å². The van der Waals surface area contributed by atoms with Gasteiger partial charge in [0.2, 0.25) is 0 Å². The molecule has 0 fully saturated rings. The summed E-state index contributed by atoms with van der Waals surface area (Å²) >= 11 is 0.